The predicted octanol–water partition coefficient (Wildman–Crippen LogP) is 3.37. The molecule has 3 aliphatic heterocycles. The third kappa shape index (κ3) is 4.35. The first-order chi connectivity index (χ1) is 12.7. The van der Waals surface area contributed by atoms with Crippen molar-refractivity contribution >= 4 is 11.7 Å². The molecule has 2 atom stereocenters. The molecule has 0 aromatic heterocycles. The smallest absolute Gasteiger partial charge is 0.222 e. The number of hydrogen-bond donors (Lipinski definition) is 0. The molecule has 1 aromatic rings. The lowest BCUT2D eigenvalue weighted by atomic mass is 9.95. The number of piperidine rings is 1. The van der Waals surface area contributed by atoms with E-state index >= 15 is 0 Å². The molecule has 4 heteroatoms. The van der Waals surface area contributed by atoms with E-state index in [1.807, 2.05) is 30.3 Å². The third-order valence-electron chi connectivity index (χ3n) is 6.26. The highest BCUT2D eigenvalue weighted by Gasteiger charge is 2.38. The maximum absolute atomic E-state index is 12.7. The lowest BCUT2D eigenvalue weighted by molar-refractivity contribution is -0.131. The van der Waals surface area contributed by atoms with Gasteiger partial charge in [0.25, 0.3) is 0 Å². The molecule has 0 spiro atoms. The minimum atomic E-state index is 0.143. The van der Waals surface area contributed by atoms with Gasteiger partial charge in [-0.3, -0.25) is 14.5 Å². The summed E-state index contributed by atoms with van der Waals surface area (Å²) in [6, 6.07) is 9.96. The van der Waals surface area contributed by atoms with Crippen molar-refractivity contribution in [3.05, 3.63) is 35.9 Å². The third-order valence-corrected chi connectivity index (χ3v) is 6.26. The van der Waals surface area contributed by atoms with Crippen LogP contribution in [0.5, 0.6) is 0 Å². The van der Waals surface area contributed by atoms with Crippen molar-refractivity contribution in [1.29, 1.82) is 0 Å². The molecule has 0 unspecified atom stereocenters. The molecular weight excluding hydrogens is 324 g/mol. The summed E-state index contributed by atoms with van der Waals surface area (Å²) >= 11 is 0. The second-order valence-electron chi connectivity index (χ2n) is 8.44. The van der Waals surface area contributed by atoms with Gasteiger partial charge in [-0.2, -0.15) is 0 Å². The van der Waals surface area contributed by atoms with Crippen LogP contribution < -0.4 is 0 Å². The molecule has 3 heterocycles. The summed E-state index contributed by atoms with van der Waals surface area (Å²) in [6.07, 6.45) is 6.92. The van der Waals surface area contributed by atoms with E-state index in [2.05, 4.69) is 9.80 Å². The maximum atomic E-state index is 12.7. The maximum Gasteiger partial charge on any atom is 0.222 e. The molecule has 0 N–H and O–H groups in total. The van der Waals surface area contributed by atoms with Crippen LogP contribution in [0.4, 0.5) is 0 Å². The molecule has 1 aliphatic carbocycles. The Hall–Kier alpha value is -1.68. The van der Waals surface area contributed by atoms with Crippen molar-refractivity contribution in [3.8, 4) is 0 Å². The number of Topliss-reactive ketones (excluding diaryl/α,β-unsaturated/α-hetero) is 1. The zero-order chi connectivity index (χ0) is 17.9. The molecule has 26 heavy (non-hydrogen) atoms. The normalized spacial score (nSPS) is 25.9. The molecule has 140 valence electrons. The molecule has 2 bridgehead atoms. The van der Waals surface area contributed by atoms with Gasteiger partial charge in [0.05, 0.1) is 0 Å². The summed E-state index contributed by atoms with van der Waals surface area (Å²) in [5.41, 5.74) is 0.753. The summed E-state index contributed by atoms with van der Waals surface area (Å²) < 4.78 is 0. The number of rotatable bonds is 7. The first kappa shape index (κ1) is 17.7. The van der Waals surface area contributed by atoms with Crippen molar-refractivity contribution < 1.29 is 9.59 Å². The summed E-state index contributed by atoms with van der Waals surface area (Å²) in [6.45, 7) is 4.24. The topological polar surface area (TPSA) is 40.6 Å². The monoisotopic (exact) mass is 354 g/mol. The first-order valence-corrected chi connectivity index (χ1v) is 10.3. The van der Waals surface area contributed by atoms with Gasteiger partial charge in [0.15, 0.2) is 5.78 Å². The van der Waals surface area contributed by atoms with Crippen LogP contribution in [0.25, 0.3) is 0 Å². The highest BCUT2D eigenvalue weighted by molar-refractivity contribution is 5.96. The van der Waals surface area contributed by atoms with Crippen LogP contribution in [0.3, 0.4) is 0 Å². The molecule has 4 aliphatic rings. The van der Waals surface area contributed by atoms with Crippen LogP contribution in [0, 0.1) is 11.8 Å². The van der Waals surface area contributed by atoms with Gasteiger partial charge >= 0.3 is 0 Å². The number of benzene rings is 1. The van der Waals surface area contributed by atoms with Gasteiger partial charge in [0.2, 0.25) is 5.91 Å². The molecule has 4 fully saturated rings. The Morgan fingerprint density at radius 1 is 0.923 bits per heavy atom. The first-order valence-electron chi connectivity index (χ1n) is 10.3. The van der Waals surface area contributed by atoms with Crippen LogP contribution in [0.15, 0.2) is 30.3 Å². The van der Waals surface area contributed by atoms with Gasteiger partial charge in [-0.25, -0.2) is 0 Å². The van der Waals surface area contributed by atoms with E-state index in [9.17, 15) is 9.59 Å². The van der Waals surface area contributed by atoms with Gasteiger partial charge in [-0.05, 0) is 43.9 Å². The highest BCUT2D eigenvalue weighted by Crippen LogP contribution is 2.35. The van der Waals surface area contributed by atoms with E-state index in [0.717, 1.165) is 24.6 Å². The Morgan fingerprint density at radius 2 is 1.73 bits per heavy atom. The van der Waals surface area contributed by atoms with Crippen molar-refractivity contribution in [1.82, 2.24) is 9.80 Å². The van der Waals surface area contributed by atoms with Crippen molar-refractivity contribution in [3.63, 3.8) is 0 Å². The number of fused-ring (bicyclic) bond motifs is 4. The molecular formula is C22H30N2O2. The van der Waals surface area contributed by atoms with Crippen LogP contribution in [0.1, 0.15) is 55.3 Å². The minimum Gasteiger partial charge on any atom is -0.341 e. The van der Waals surface area contributed by atoms with E-state index in [0.29, 0.717) is 31.2 Å². The van der Waals surface area contributed by atoms with E-state index < -0.39 is 0 Å². The van der Waals surface area contributed by atoms with Gasteiger partial charge < -0.3 is 4.90 Å². The quantitative estimate of drug-likeness (QED) is 0.705. The molecule has 1 saturated carbocycles. The van der Waals surface area contributed by atoms with Crippen LogP contribution in [-0.4, -0.2) is 53.7 Å². The lowest BCUT2D eigenvalue weighted by Crippen LogP contribution is -2.45. The SMILES string of the molecule is O=C(CCCC(=O)N1C[C@H]2CC[C@@H](C1)N(CC1CC1)C2)c1ccccc1. The molecule has 1 amide bonds. The lowest BCUT2D eigenvalue weighted by Gasteiger charge is -2.36. The fraction of sp³-hybridized carbons (Fsp3) is 0.636. The average Bonchev–Trinajstić information content (AvgIpc) is 3.50. The number of carbonyl (C=O) groups is 2. The Labute approximate surface area is 156 Å². The summed E-state index contributed by atoms with van der Waals surface area (Å²) in [7, 11) is 0. The minimum absolute atomic E-state index is 0.143. The Kier molecular flexibility index (Phi) is 5.39. The summed E-state index contributed by atoms with van der Waals surface area (Å²) in [5.74, 6) is 1.95. The average molecular weight is 354 g/mol. The van der Waals surface area contributed by atoms with Gasteiger partial charge in [0, 0.05) is 50.6 Å². The predicted molar refractivity (Wildman–Crippen MR) is 102 cm³/mol. The van der Waals surface area contributed by atoms with Gasteiger partial charge in [-0.15, -0.1) is 0 Å². The number of amides is 1. The second kappa shape index (κ2) is 7.91. The molecule has 5 rings (SSSR count). The van der Waals surface area contributed by atoms with Gasteiger partial charge in [-0.1, -0.05) is 30.3 Å². The Balaban J connectivity index is 1.26. The summed E-state index contributed by atoms with van der Waals surface area (Å²) in [5, 5.41) is 0. The Morgan fingerprint density at radius 3 is 2.50 bits per heavy atom. The molecule has 4 nitrogen and oxygen atoms in total. The van der Waals surface area contributed by atoms with Crippen LogP contribution in [-0.2, 0) is 4.79 Å². The number of nitrogens with zero attached hydrogens (tertiary/aromatic N) is 2. The van der Waals surface area contributed by atoms with E-state index in [-0.39, 0.29) is 11.7 Å². The standard InChI is InChI=1S/C22H30N2O2/c25-21(19-5-2-1-3-6-19)7-4-8-22(26)24-15-18-11-12-20(16-24)23(14-18)13-17-9-10-17/h1-3,5-6,17-18,20H,4,7-16H2/t18-,20-/m0/s1. The van der Waals surface area contributed by atoms with E-state index in [1.54, 1.807) is 0 Å². The number of hydrogen-bond acceptors (Lipinski definition) is 3. The van der Waals surface area contributed by atoms with Crippen LogP contribution in [0.2, 0.25) is 0 Å². The zero-order valence-corrected chi connectivity index (χ0v) is 15.6. The zero-order valence-electron chi connectivity index (χ0n) is 15.6. The fourth-order valence-corrected chi connectivity index (χ4v) is 4.57. The van der Waals surface area contributed by atoms with E-state index in [1.165, 1.54) is 38.8 Å². The number of carbonyl (C=O) groups excluding carboxylic acids is 2. The summed E-state index contributed by atoms with van der Waals surface area (Å²) in [4.78, 5) is 29.7. The second-order valence-corrected chi connectivity index (χ2v) is 8.44. The van der Waals surface area contributed by atoms with Crippen LogP contribution >= 0.6 is 0 Å². The Bertz CT molecular complexity index is 641. The molecule has 1 aromatic carbocycles. The molecule has 3 saturated heterocycles. The highest BCUT2D eigenvalue weighted by atomic mass is 16.2. The van der Waals surface area contributed by atoms with Crippen molar-refractivity contribution in [2.75, 3.05) is 26.2 Å². The van der Waals surface area contributed by atoms with Crippen molar-refractivity contribution in [2.24, 2.45) is 11.8 Å². The van der Waals surface area contributed by atoms with Crippen molar-refractivity contribution in [2.45, 2.75) is 51.0 Å². The van der Waals surface area contributed by atoms with Gasteiger partial charge in [0.1, 0.15) is 0 Å². The largest absolute Gasteiger partial charge is 0.341 e. The molecule has 0 radical (unpaired) electrons. The fourth-order valence-electron chi connectivity index (χ4n) is 4.57. The van der Waals surface area contributed by atoms with E-state index in [4.69, 9.17) is 0 Å². The number of ketones is 1.